The molecule has 1 aromatic carbocycles. The first-order chi connectivity index (χ1) is 18.3. The largest absolute Gasteiger partial charge is 0.359 e. The highest BCUT2D eigenvalue weighted by atomic mass is 16.5. The fraction of sp³-hybridized carbons (Fsp3) is 0.633. The van der Waals surface area contributed by atoms with Crippen LogP contribution in [0.2, 0.25) is 0 Å². The Balaban J connectivity index is 1.43. The molecule has 5 rings (SSSR count). The van der Waals surface area contributed by atoms with Crippen LogP contribution in [0.15, 0.2) is 30.4 Å². The zero-order valence-corrected chi connectivity index (χ0v) is 23.2. The fourth-order valence-electron chi connectivity index (χ4n) is 7.10. The smallest absolute Gasteiger partial charge is 0.246 e. The number of nitrogens with one attached hydrogen (secondary N) is 2. The molecule has 3 aliphatic heterocycles. The van der Waals surface area contributed by atoms with Gasteiger partial charge in [-0.2, -0.15) is 0 Å². The van der Waals surface area contributed by atoms with Gasteiger partial charge in [0.25, 0.3) is 0 Å². The second kappa shape index (κ2) is 10.8. The third-order valence-electron chi connectivity index (χ3n) is 8.92. The maximum Gasteiger partial charge on any atom is 0.246 e. The molecule has 5 atom stereocenters. The third kappa shape index (κ3) is 4.77. The molecular weight excluding hydrogens is 480 g/mol. The van der Waals surface area contributed by atoms with Crippen LogP contribution in [0.5, 0.6) is 0 Å². The maximum atomic E-state index is 14.1. The SMILES string of the molecule is CCN(CC)CCN1C(=O)[C@@H]2C(C(=O)Nc3cc(C)cc(C)c3)[C@@H]3C=CC2(O3)C1C(=O)NC1CCCCC1. The van der Waals surface area contributed by atoms with Crippen LogP contribution in [0.4, 0.5) is 5.69 Å². The van der Waals surface area contributed by atoms with Gasteiger partial charge in [0.2, 0.25) is 17.7 Å². The molecule has 1 saturated carbocycles. The summed E-state index contributed by atoms with van der Waals surface area (Å²) in [6.45, 7) is 11.0. The summed E-state index contributed by atoms with van der Waals surface area (Å²) >= 11 is 0. The summed E-state index contributed by atoms with van der Waals surface area (Å²) in [4.78, 5) is 45.6. The predicted octanol–water partition coefficient (Wildman–Crippen LogP) is 3.18. The Morgan fingerprint density at radius 2 is 1.74 bits per heavy atom. The van der Waals surface area contributed by atoms with E-state index in [1.807, 2.05) is 38.1 Å². The van der Waals surface area contributed by atoms with E-state index in [4.69, 9.17) is 4.74 Å². The predicted molar refractivity (Wildman–Crippen MR) is 147 cm³/mol. The minimum atomic E-state index is -1.12. The number of amides is 3. The first-order valence-corrected chi connectivity index (χ1v) is 14.4. The lowest BCUT2D eigenvalue weighted by Crippen LogP contribution is -2.57. The quantitative estimate of drug-likeness (QED) is 0.486. The van der Waals surface area contributed by atoms with Crippen molar-refractivity contribution in [2.24, 2.45) is 11.8 Å². The second-order valence-electron chi connectivity index (χ2n) is 11.5. The van der Waals surface area contributed by atoms with Crippen LogP contribution in [0.1, 0.15) is 57.1 Å². The van der Waals surface area contributed by atoms with Crippen molar-refractivity contribution in [3.63, 3.8) is 0 Å². The van der Waals surface area contributed by atoms with Crippen LogP contribution < -0.4 is 10.6 Å². The van der Waals surface area contributed by atoms with Crippen molar-refractivity contribution in [1.29, 1.82) is 0 Å². The number of aryl methyl sites for hydroxylation is 2. The van der Waals surface area contributed by atoms with Crippen LogP contribution in [0.3, 0.4) is 0 Å². The summed E-state index contributed by atoms with van der Waals surface area (Å²) < 4.78 is 6.48. The summed E-state index contributed by atoms with van der Waals surface area (Å²) in [6, 6.07) is 5.25. The number of carbonyl (C=O) groups excluding carboxylic acids is 3. The normalized spacial score (nSPS) is 30.2. The molecule has 0 aromatic heterocycles. The van der Waals surface area contributed by atoms with Crippen molar-refractivity contribution in [3.8, 4) is 0 Å². The van der Waals surface area contributed by atoms with Gasteiger partial charge < -0.3 is 25.2 Å². The average Bonchev–Trinajstić information content (AvgIpc) is 3.52. The highest BCUT2D eigenvalue weighted by Crippen LogP contribution is 2.55. The number of hydrogen-bond acceptors (Lipinski definition) is 5. The molecule has 1 aliphatic carbocycles. The minimum absolute atomic E-state index is 0.123. The summed E-state index contributed by atoms with van der Waals surface area (Å²) in [6.07, 6.45) is 8.57. The topological polar surface area (TPSA) is 91.0 Å². The Hall–Kier alpha value is -2.71. The lowest BCUT2D eigenvalue weighted by Gasteiger charge is -2.34. The van der Waals surface area contributed by atoms with Gasteiger partial charge in [-0.1, -0.05) is 51.3 Å². The van der Waals surface area contributed by atoms with E-state index in [2.05, 4.69) is 35.4 Å². The first-order valence-electron chi connectivity index (χ1n) is 14.4. The van der Waals surface area contributed by atoms with Crippen molar-refractivity contribution in [2.75, 3.05) is 31.5 Å². The molecule has 38 heavy (non-hydrogen) atoms. The van der Waals surface area contributed by atoms with Gasteiger partial charge in [0, 0.05) is 24.8 Å². The molecule has 206 valence electrons. The lowest BCUT2D eigenvalue weighted by molar-refractivity contribution is -0.141. The van der Waals surface area contributed by atoms with Crippen molar-refractivity contribution < 1.29 is 19.1 Å². The van der Waals surface area contributed by atoms with E-state index in [-0.39, 0.29) is 23.8 Å². The summed E-state index contributed by atoms with van der Waals surface area (Å²) in [5.74, 6) is -1.96. The third-order valence-corrected chi connectivity index (χ3v) is 8.92. The highest BCUT2D eigenvalue weighted by molar-refractivity contribution is 6.02. The minimum Gasteiger partial charge on any atom is -0.359 e. The number of rotatable bonds is 9. The maximum absolute atomic E-state index is 14.1. The van der Waals surface area contributed by atoms with Crippen LogP contribution in [-0.2, 0) is 19.1 Å². The summed E-state index contributed by atoms with van der Waals surface area (Å²) in [7, 11) is 0. The van der Waals surface area contributed by atoms with Gasteiger partial charge in [0.05, 0.1) is 17.9 Å². The van der Waals surface area contributed by atoms with Gasteiger partial charge in [-0.25, -0.2) is 0 Å². The van der Waals surface area contributed by atoms with E-state index < -0.39 is 29.6 Å². The molecule has 2 saturated heterocycles. The Labute approximate surface area is 226 Å². The van der Waals surface area contributed by atoms with Crippen LogP contribution >= 0.6 is 0 Å². The molecule has 4 aliphatic rings. The number of ether oxygens (including phenoxy) is 1. The number of likely N-dealkylation sites (N-methyl/N-ethyl adjacent to an activating group) is 1. The zero-order valence-electron chi connectivity index (χ0n) is 23.2. The van der Waals surface area contributed by atoms with Crippen LogP contribution in [0, 0.1) is 25.7 Å². The zero-order chi connectivity index (χ0) is 27.0. The van der Waals surface area contributed by atoms with Gasteiger partial charge in [0.15, 0.2) is 0 Å². The number of likely N-dealkylation sites (tertiary alicyclic amines) is 1. The van der Waals surface area contributed by atoms with Crippen LogP contribution in [-0.4, -0.2) is 77.5 Å². The first kappa shape index (κ1) is 26.9. The fourth-order valence-corrected chi connectivity index (χ4v) is 7.10. The number of hydrogen-bond donors (Lipinski definition) is 2. The number of anilines is 1. The number of nitrogens with zero attached hydrogens (tertiary/aromatic N) is 2. The molecular formula is C30H42N4O4. The Morgan fingerprint density at radius 3 is 2.39 bits per heavy atom. The van der Waals surface area contributed by atoms with E-state index in [0.29, 0.717) is 18.8 Å². The standard InChI is InChI=1S/C30H42N4O4/c1-5-33(6-2)14-15-34-26(28(36)31-21-10-8-7-9-11-21)30-13-12-23(38-30)24(25(30)29(34)37)27(35)32-22-17-19(3)16-20(4)18-22/h12-13,16-18,21,23-26H,5-11,14-15H2,1-4H3,(H,31,36)(H,32,35)/t23-,24?,25-,26?,30?/m0/s1. The van der Waals surface area contributed by atoms with E-state index in [9.17, 15) is 14.4 Å². The Bertz CT molecular complexity index is 1090. The average molecular weight is 523 g/mol. The second-order valence-corrected chi connectivity index (χ2v) is 11.5. The highest BCUT2D eigenvalue weighted by Gasteiger charge is 2.72. The molecule has 2 bridgehead atoms. The molecule has 3 fully saturated rings. The van der Waals surface area contributed by atoms with Crippen molar-refractivity contribution >= 4 is 23.4 Å². The van der Waals surface area contributed by atoms with Crippen molar-refractivity contribution in [2.45, 2.75) is 83.6 Å². The van der Waals surface area contributed by atoms with Crippen molar-refractivity contribution in [3.05, 3.63) is 41.5 Å². The molecule has 1 aromatic rings. The summed E-state index contributed by atoms with van der Waals surface area (Å²) in [5, 5.41) is 6.29. The molecule has 3 amide bonds. The van der Waals surface area contributed by atoms with Gasteiger partial charge in [0.1, 0.15) is 11.6 Å². The van der Waals surface area contributed by atoms with E-state index in [1.54, 1.807) is 4.90 Å². The molecule has 8 heteroatoms. The molecule has 2 N–H and O–H groups in total. The monoisotopic (exact) mass is 522 g/mol. The molecule has 1 spiro atoms. The number of carbonyl (C=O) groups is 3. The van der Waals surface area contributed by atoms with Gasteiger partial charge in [-0.15, -0.1) is 0 Å². The van der Waals surface area contributed by atoms with Gasteiger partial charge in [-0.3, -0.25) is 14.4 Å². The molecule has 8 nitrogen and oxygen atoms in total. The van der Waals surface area contributed by atoms with E-state index >= 15 is 0 Å². The Kier molecular flexibility index (Phi) is 7.65. The summed E-state index contributed by atoms with van der Waals surface area (Å²) in [5.41, 5.74) is 1.71. The van der Waals surface area contributed by atoms with Crippen LogP contribution in [0.25, 0.3) is 0 Å². The number of fused-ring (bicyclic) bond motifs is 1. The van der Waals surface area contributed by atoms with Gasteiger partial charge in [-0.05, 0) is 63.0 Å². The lowest BCUT2D eigenvalue weighted by atomic mass is 9.74. The molecule has 0 radical (unpaired) electrons. The molecule has 3 heterocycles. The molecule has 3 unspecified atom stereocenters. The van der Waals surface area contributed by atoms with Gasteiger partial charge >= 0.3 is 0 Å². The number of benzene rings is 1. The van der Waals surface area contributed by atoms with Crippen molar-refractivity contribution in [1.82, 2.24) is 15.1 Å². The van der Waals surface area contributed by atoms with E-state index in [1.165, 1.54) is 6.42 Å². The van der Waals surface area contributed by atoms with E-state index in [0.717, 1.165) is 49.9 Å². The Morgan fingerprint density at radius 1 is 1.05 bits per heavy atom.